The summed E-state index contributed by atoms with van der Waals surface area (Å²) in [5.74, 6) is 0.0581. The van der Waals surface area contributed by atoms with Crippen LogP contribution >= 0.6 is 23.2 Å². The Hall–Kier alpha value is -1.39. The second kappa shape index (κ2) is 8.91. The SMILES string of the molecule is O=C(CNCCNCc1ccccc1Cl)c1ccc(Cl)cc1. The van der Waals surface area contributed by atoms with Crippen molar-refractivity contribution in [2.24, 2.45) is 0 Å². The van der Waals surface area contributed by atoms with Crippen molar-refractivity contribution >= 4 is 29.0 Å². The van der Waals surface area contributed by atoms with Crippen molar-refractivity contribution in [1.82, 2.24) is 10.6 Å². The Morgan fingerprint density at radius 2 is 1.59 bits per heavy atom. The summed E-state index contributed by atoms with van der Waals surface area (Å²) in [5, 5.41) is 7.81. The fraction of sp³-hybridized carbons (Fsp3) is 0.235. The second-order valence-corrected chi connectivity index (χ2v) is 5.72. The number of Topliss-reactive ketones (excluding diaryl/α,β-unsaturated/α-hetero) is 1. The van der Waals surface area contributed by atoms with Gasteiger partial charge in [-0.1, -0.05) is 41.4 Å². The maximum atomic E-state index is 11.9. The Kier molecular flexibility index (Phi) is 6.87. The molecule has 0 fully saturated rings. The van der Waals surface area contributed by atoms with E-state index in [4.69, 9.17) is 23.2 Å². The van der Waals surface area contributed by atoms with E-state index in [1.54, 1.807) is 24.3 Å². The first-order valence-electron chi connectivity index (χ1n) is 7.10. The molecule has 3 nitrogen and oxygen atoms in total. The van der Waals surface area contributed by atoms with Crippen LogP contribution in [-0.2, 0) is 6.54 Å². The number of rotatable bonds is 8. The number of nitrogens with one attached hydrogen (secondary N) is 2. The predicted octanol–water partition coefficient (Wildman–Crippen LogP) is 3.56. The Morgan fingerprint density at radius 3 is 2.32 bits per heavy atom. The molecule has 0 heterocycles. The van der Waals surface area contributed by atoms with Gasteiger partial charge in [0, 0.05) is 35.2 Å². The monoisotopic (exact) mass is 336 g/mol. The fourth-order valence-corrected chi connectivity index (χ4v) is 2.31. The largest absolute Gasteiger partial charge is 0.311 e. The molecule has 0 radical (unpaired) electrons. The molecule has 0 saturated heterocycles. The lowest BCUT2D eigenvalue weighted by atomic mass is 10.1. The zero-order chi connectivity index (χ0) is 15.8. The molecular formula is C17H18Cl2N2O. The van der Waals surface area contributed by atoms with Crippen molar-refractivity contribution < 1.29 is 4.79 Å². The highest BCUT2D eigenvalue weighted by Gasteiger charge is 2.04. The van der Waals surface area contributed by atoms with Gasteiger partial charge in [0.25, 0.3) is 0 Å². The van der Waals surface area contributed by atoms with E-state index in [9.17, 15) is 4.79 Å². The summed E-state index contributed by atoms with van der Waals surface area (Å²) in [6.45, 7) is 2.50. The number of carbonyl (C=O) groups excluding carboxylic acids is 1. The zero-order valence-electron chi connectivity index (χ0n) is 12.1. The molecule has 2 aromatic carbocycles. The molecular weight excluding hydrogens is 319 g/mol. The van der Waals surface area contributed by atoms with Crippen LogP contribution in [0.25, 0.3) is 0 Å². The molecule has 0 aliphatic rings. The highest BCUT2D eigenvalue weighted by Crippen LogP contribution is 2.14. The van der Waals surface area contributed by atoms with Crippen LogP contribution in [0.4, 0.5) is 0 Å². The molecule has 0 saturated carbocycles. The van der Waals surface area contributed by atoms with Gasteiger partial charge in [-0.25, -0.2) is 0 Å². The molecule has 0 unspecified atom stereocenters. The molecule has 116 valence electrons. The van der Waals surface area contributed by atoms with Gasteiger partial charge in [0.2, 0.25) is 0 Å². The molecule has 0 aliphatic carbocycles. The van der Waals surface area contributed by atoms with Crippen LogP contribution in [-0.4, -0.2) is 25.4 Å². The molecule has 2 rings (SSSR count). The van der Waals surface area contributed by atoms with E-state index in [2.05, 4.69) is 10.6 Å². The summed E-state index contributed by atoms with van der Waals surface area (Å²) in [4.78, 5) is 11.9. The first-order chi connectivity index (χ1) is 10.7. The van der Waals surface area contributed by atoms with Crippen LogP contribution < -0.4 is 10.6 Å². The Balaban J connectivity index is 1.62. The Bertz CT molecular complexity index is 614. The lowest BCUT2D eigenvalue weighted by Crippen LogP contribution is -2.30. The minimum Gasteiger partial charge on any atom is -0.311 e. The third kappa shape index (κ3) is 5.43. The van der Waals surface area contributed by atoms with Gasteiger partial charge in [0.15, 0.2) is 5.78 Å². The van der Waals surface area contributed by atoms with Crippen LogP contribution in [0.15, 0.2) is 48.5 Å². The first kappa shape index (κ1) is 17.0. The van der Waals surface area contributed by atoms with Crippen LogP contribution in [0.2, 0.25) is 10.0 Å². The quantitative estimate of drug-likeness (QED) is 0.572. The summed E-state index contributed by atoms with van der Waals surface area (Å²) >= 11 is 11.9. The minimum absolute atomic E-state index is 0.0581. The maximum absolute atomic E-state index is 11.9. The standard InChI is InChI=1S/C17H18Cl2N2O/c18-15-7-5-13(6-8-15)17(22)12-21-10-9-20-11-14-3-1-2-4-16(14)19/h1-8,20-21H,9-12H2. The van der Waals surface area contributed by atoms with Crippen molar-refractivity contribution in [2.45, 2.75) is 6.54 Å². The molecule has 0 atom stereocenters. The Morgan fingerprint density at radius 1 is 0.909 bits per heavy atom. The summed E-state index contributed by atoms with van der Waals surface area (Å²) < 4.78 is 0. The second-order valence-electron chi connectivity index (χ2n) is 4.88. The number of halogens is 2. The average Bonchev–Trinajstić information content (AvgIpc) is 2.53. The third-order valence-electron chi connectivity index (χ3n) is 3.20. The van der Waals surface area contributed by atoms with Gasteiger partial charge in [-0.2, -0.15) is 0 Å². The van der Waals surface area contributed by atoms with Gasteiger partial charge in [-0.05, 0) is 35.9 Å². The number of hydrogen-bond donors (Lipinski definition) is 2. The molecule has 0 amide bonds. The normalized spacial score (nSPS) is 10.6. The van der Waals surface area contributed by atoms with E-state index in [1.807, 2.05) is 24.3 Å². The lowest BCUT2D eigenvalue weighted by molar-refractivity contribution is 0.0991. The summed E-state index contributed by atoms with van der Waals surface area (Å²) in [6.07, 6.45) is 0. The number of carbonyl (C=O) groups is 1. The Labute approximate surface area is 140 Å². The molecule has 2 aromatic rings. The van der Waals surface area contributed by atoms with Crippen LogP contribution in [0.1, 0.15) is 15.9 Å². The summed E-state index contributed by atoms with van der Waals surface area (Å²) in [7, 11) is 0. The van der Waals surface area contributed by atoms with E-state index in [-0.39, 0.29) is 5.78 Å². The van der Waals surface area contributed by atoms with Gasteiger partial charge in [-0.15, -0.1) is 0 Å². The minimum atomic E-state index is 0.0581. The molecule has 2 N–H and O–H groups in total. The van der Waals surface area contributed by atoms with Crippen LogP contribution in [0.5, 0.6) is 0 Å². The first-order valence-corrected chi connectivity index (χ1v) is 7.86. The van der Waals surface area contributed by atoms with Gasteiger partial charge in [-0.3, -0.25) is 4.79 Å². The van der Waals surface area contributed by atoms with E-state index in [0.717, 1.165) is 17.1 Å². The van der Waals surface area contributed by atoms with Gasteiger partial charge in [0.1, 0.15) is 0 Å². The predicted molar refractivity (Wildman–Crippen MR) is 91.8 cm³/mol. The molecule has 22 heavy (non-hydrogen) atoms. The van der Waals surface area contributed by atoms with Crippen molar-refractivity contribution in [2.75, 3.05) is 19.6 Å². The molecule has 0 bridgehead atoms. The highest BCUT2D eigenvalue weighted by molar-refractivity contribution is 6.31. The topological polar surface area (TPSA) is 41.1 Å². The molecule has 0 aromatic heterocycles. The van der Waals surface area contributed by atoms with E-state index in [0.29, 0.717) is 30.2 Å². The van der Waals surface area contributed by atoms with E-state index >= 15 is 0 Å². The number of ketones is 1. The molecule has 0 aliphatic heterocycles. The van der Waals surface area contributed by atoms with Crippen LogP contribution in [0, 0.1) is 0 Å². The summed E-state index contributed by atoms with van der Waals surface area (Å²) in [5.41, 5.74) is 1.74. The number of hydrogen-bond acceptors (Lipinski definition) is 3. The summed E-state index contributed by atoms with van der Waals surface area (Å²) in [6, 6.07) is 14.7. The lowest BCUT2D eigenvalue weighted by Gasteiger charge is -2.07. The van der Waals surface area contributed by atoms with Crippen molar-refractivity contribution in [3.63, 3.8) is 0 Å². The van der Waals surface area contributed by atoms with Crippen molar-refractivity contribution in [1.29, 1.82) is 0 Å². The van der Waals surface area contributed by atoms with Crippen LogP contribution in [0.3, 0.4) is 0 Å². The average molecular weight is 337 g/mol. The van der Waals surface area contributed by atoms with Crippen molar-refractivity contribution in [3.05, 3.63) is 69.7 Å². The van der Waals surface area contributed by atoms with Gasteiger partial charge >= 0.3 is 0 Å². The number of benzene rings is 2. The molecule has 5 heteroatoms. The smallest absolute Gasteiger partial charge is 0.176 e. The van der Waals surface area contributed by atoms with E-state index in [1.165, 1.54) is 0 Å². The van der Waals surface area contributed by atoms with E-state index < -0.39 is 0 Å². The third-order valence-corrected chi connectivity index (χ3v) is 3.82. The zero-order valence-corrected chi connectivity index (χ0v) is 13.6. The maximum Gasteiger partial charge on any atom is 0.176 e. The highest BCUT2D eigenvalue weighted by atomic mass is 35.5. The molecule has 0 spiro atoms. The fourth-order valence-electron chi connectivity index (χ4n) is 1.98. The van der Waals surface area contributed by atoms with Gasteiger partial charge < -0.3 is 10.6 Å². The van der Waals surface area contributed by atoms with Crippen molar-refractivity contribution in [3.8, 4) is 0 Å². The van der Waals surface area contributed by atoms with Gasteiger partial charge in [0.05, 0.1) is 6.54 Å².